The zero-order valence-corrected chi connectivity index (χ0v) is 21.2. The van der Waals surface area contributed by atoms with Crippen molar-refractivity contribution in [2.75, 3.05) is 38.2 Å². The Labute approximate surface area is 211 Å². The quantitative estimate of drug-likeness (QED) is 0.421. The number of aromatic amines is 1. The molecule has 0 atom stereocenters. The molecule has 0 radical (unpaired) electrons. The molecule has 1 aliphatic rings. The number of benzene rings is 3. The number of sulfone groups is 1. The molecule has 0 bridgehead atoms. The van der Waals surface area contributed by atoms with E-state index in [-0.39, 0.29) is 16.6 Å². The van der Waals surface area contributed by atoms with Crippen molar-refractivity contribution < 1.29 is 17.9 Å². The number of nitrogens with one attached hydrogen (secondary N) is 1. The van der Waals surface area contributed by atoms with Gasteiger partial charge in [0.1, 0.15) is 5.75 Å². The van der Waals surface area contributed by atoms with Crippen LogP contribution < -0.4 is 9.64 Å². The monoisotopic (exact) mass is 503 g/mol. The predicted octanol–water partition coefficient (Wildman–Crippen LogP) is 4.42. The van der Waals surface area contributed by atoms with Crippen molar-refractivity contribution in [3.63, 3.8) is 0 Å². The Hall–Kier alpha value is -3.78. The molecule has 1 aliphatic heterocycles. The molecule has 1 N–H and O–H groups in total. The number of H-pyrrole nitrogens is 1. The highest BCUT2D eigenvalue weighted by Gasteiger charge is 2.26. The van der Waals surface area contributed by atoms with Crippen LogP contribution >= 0.6 is 0 Å². The smallest absolute Gasteiger partial charge is 0.254 e. The molecule has 0 unspecified atom stereocenters. The molecule has 0 saturated carbocycles. The van der Waals surface area contributed by atoms with Crippen molar-refractivity contribution >= 4 is 32.3 Å². The number of carbonyl (C=O) groups excluding carboxylic acids is 1. The van der Waals surface area contributed by atoms with Crippen LogP contribution in [0.15, 0.2) is 77.8 Å². The van der Waals surface area contributed by atoms with Gasteiger partial charge in [-0.3, -0.25) is 4.79 Å². The number of hydrogen-bond donors (Lipinski definition) is 1. The number of amides is 1. The summed E-state index contributed by atoms with van der Waals surface area (Å²) in [6.07, 6.45) is 1.83. The molecule has 8 heteroatoms. The topological polar surface area (TPSA) is 82.7 Å². The number of ether oxygens (including phenoxy) is 1. The first kappa shape index (κ1) is 23.9. The Kier molecular flexibility index (Phi) is 6.45. The average Bonchev–Trinajstić information content (AvgIpc) is 3.36. The summed E-state index contributed by atoms with van der Waals surface area (Å²) in [7, 11) is -1.97. The number of methoxy groups -OCH3 is 1. The summed E-state index contributed by atoms with van der Waals surface area (Å²) < 4.78 is 32.0. The Morgan fingerprint density at radius 2 is 1.75 bits per heavy atom. The summed E-state index contributed by atoms with van der Waals surface area (Å²) in [6, 6.07) is 20.2. The summed E-state index contributed by atoms with van der Waals surface area (Å²) in [5.74, 6) is 0.544. The van der Waals surface area contributed by atoms with Crippen molar-refractivity contribution in [1.82, 2.24) is 9.88 Å². The lowest BCUT2D eigenvalue weighted by molar-refractivity contribution is 0.0745. The summed E-state index contributed by atoms with van der Waals surface area (Å²) in [5, 5.41) is 0.967. The van der Waals surface area contributed by atoms with Crippen molar-refractivity contribution in [1.29, 1.82) is 0 Å². The molecule has 1 aromatic heterocycles. The molecular formula is C28H29N3O4S. The number of anilines is 1. The fourth-order valence-corrected chi connectivity index (χ4v) is 6.09. The van der Waals surface area contributed by atoms with Crippen LogP contribution in [-0.2, 0) is 15.6 Å². The lowest BCUT2D eigenvalue weighted by Crippen LogP contribution is -2.49. The van der Waals surface area contributed by atoms with Gasteiger partial charge in [-0.15, -0.1) is 0 Å². The highest BCUT2D eigenvalue weighted by atomic mass is 32.2. The third-order valence-electron chi connectivity index (χ3n) is 6.77. The van der Waals surface area contributed by atoms with Crippen LogP contribution in [0.5, 0.6) is 5.75 Å². The van der Waals surface area contributed by atoms with Crippen LogP contribution in [0.25, 0.3) is 10.9 Å². The zero-order chi connectivity index (χ0) is 25.3. The first-order valence-electron chi connectivity index (χ1n) is 11.9. The molecule has 3 aromatic carbocycles. The Bertz CT molecular complexity index is 1520. The highest BCUT2D eigenvalue weighted by Crippen LogP contribution is 2.29. The van der Waals surface area contributed by atoms with E-state index >= 15 is 0 Å². The van der Waals surface area contributed by atoms with Crippen LogP contribution in [-0.4, -0.2) is 57.5 Å². The van der Waals surface area contributed by atoms with Gasteiger partial charge in [-0.2, -0.15) is 0 Å². The molecule has 1 fully saturated rings. The fraction of sp³-hybridized carbons (Fsp3) is 0.250. The molecular weight excluding hydrogens is 474 g/mol. The fourth-order valence-electron chi connectivity index (χ4n) is 4.73. The summed E-state index contributed by atoms with van der Waals surface area (Å²) in [5.41, 5.74) is 3.88. The average molecular weight is 504 g/mol. The van der Waals surface area contributed by atoms with E-state index in [1.165, 1.54) is 6.07 Å². The van der Waals surface area contributed by atoms with E-state index in [1.54, 1.807) is 24.1 Å². The number of hydrogen-bond acceptors (Lipinski definition) is 5. The lowest BCUT2D eigenvalue weighted by atomic mass is 10.1. The molecule has 1 saturated heterocycles. The summed E-state index contributed by atoms with van der Waals surface area (Å²) in [6.45, 7) is 4.28. The maximum atomic E-state index is 13.4. The first-order valence-corrected chi connectivity index (χ1v) is 13.6. The largest absolute Gasteiger partial charge is 0.495 e. The summed E-state index contributed by atoms with van der Waals surface area (Å²) in [4.78, 5) is 20.7. The van der Waals surface area contributed by atoms with Crippen molar-refractivity contribution in [3.8, 4) is 5.75 Å². The maximum absolute atomic E-state index is 13.4. The van der Waals surface area contributed by atoms with Crippen LogP contribution in [0.2, 0.25) is 0 Å². The van der Waals surface area contributed by atoms with Gasteiger partial charge in [0.25, 0.3) is 5.91 Å². The van der Waals surface area contributed by atoms with Crippen molar-refractivity contribution in [2.24, 2.45) is 0 Å². The second-order valence-corrected chi connectivity index (χ2v) is 11.1. The third kappa shape index (κ3) is 4.68. The number of aryl methyl sites for hydroxylation is 1. The minimum Gasteiger partial charge on any atom is -0.495 e. The van der Waals surface area contributed by atoms with E-state index in [4.69, 9.17) is 4.74 Å². The number of carbonyl (C=O) groups is 1. The number of nitrogens with zero attached hydrogens (tertiary/aromatic N) is 2. The van der Waals surface area contributed by atoms with E-state index in [2.05, 4.69) is 9.88 Å². The van der Waals surface area contributed by atoms with Gasteiger partial charge in [-0.05, 0) is 65.9 Å². The van der Waals surface area contributed by atoms with Crippen LogP contribution in [0.3, 0.4) is 0 Å². The van der Waals surface area contributed by atoms with Crippen LogP contribution in [0.4, 0.5) is 5.69 Å². The Balaban J connectivity index is 1.32. The SMILES string of the molecule is COc1ccccc1N1CCN(C(=O)c2cc(S(=O)(=O)Cc3ccc4[nH]ccc4c3)ccc2C)CC1. The molecule has 0 spiro atoms. The number of aromatic nitrogens is 1. The minimum absolute atomic E-state index is 0.123. The standard InChI is InChI=1S/C28H29N3O4S/c1-20-7-9-23(36(33,34)19-21-8-10-25-22(17-21)11-12-29-25)18-24(20)28(32)31-15-13-30(14-16-31)26-5-3-4-6-27(26)35-2/h3-12,17-18,29H,13-16,19H2,1-2H3. The molecule has 36 heavy (non-hydrogen) atoms. The highest BCUT2D eigenvalue weighted by molar-refractivity contribution is 7.90. The second kappa shape index (κ2) is 9.70. The minimum atomic E-state index is -3.62. The van der Waals surface area contributed by atoms with Gasteiger partial charge in [0.15, 0.2) is 9.84 Å². The number of rotatable bonds is 6. The molecule has 4 aromatic rings. The molecule has 186 valence electrons. The van der Waals surface area contributed by atoms with Gasteiger partial charge in [0.05, 0.1) is 23.4 Å². The normalized spacial score (nSPS) is 14.3. The number of para-hydroxylation sites is 2. The molecule has 2 heterocycles. The van der Waals surface area contributed by atoms with E-state index in [0.29, 0.717) is 37.3 Å². The molecule has 5 rings (SSSR count). The van der Waals surface area contributed by atoms with Gasteiger partial charge < -0.3 is 19.5 Å². The lowest BCUT2D eigenvalue weighted by Gasteiger charge is -2.36. The van der Waals surface area contributed by atoms with E-state index < -0.39 is 9.84 Å². The van der Waals surface area contributed by atoms with Gasteiger partial charge >= 0.3 is 0 Å². The maximum Gasteiger partial charge on any atom is 0.254 e. The van der Waals surface area contributed by atoms with Gasteiger partial charge in [-0.25, -0.2) is 8.42 Å². The molecule has 0 aliphatic carbocycles. The summed E-state index contributed by atoms with van der Waals surface area (Å²) >= 11 is 0. The first-order chi connectivity index (χ1) is 17.4. The second-order valence-electron chi connectivity index (χ2n) is 9.09. The zero-order valence-electron chi connectivity index (χ0n) is 20.4. The Morgan fingerprint density at radius 1 is 0.972 bits per heavy atom. The molecule has 1 amide bonds. The van der Waals surface area contributed by atoms with Crippen LogP contribution in [0, 0.1) is 6.92 Å². The van der Waals surface area contributed by atoms with E-state index in [9.17, 15) is 13.2 Å². The predicted molar refractivity (Wildman–Crippen MR) is 141 cm³/mol. The number of piperazine rings is 1. The van der Waals surface area contributed by atoms with E-state index in [1.807, 2.05) is 61.7 Å². The third-order valence-corrected chi connectivity index (χ3v) is 8.45. The van der Waals surface area contributed by atoms with Gasteiger partial charge in [0, 0.05) is 43.5 Å². The number of fused-ring (bicyclic) bond motifs is 1. The van der Waals surface area contributed by atoms with Gasteiger partial charge in [-0.1, -0.05) is 24.3 Å². The van der Waals surface area contributed by atoms with Crippen LogP contribution in [0.1, 0.15) is 21.5 Å². The van der Waals surface area contributed by atoms with Crippen molar-refractivity contribution in [2.45, 2.75) is 17.6 Å². The molecule has 7 nitrogen and oxygen atoms in total. The van der Waals surface area contributed by atoms with Gasteiger partial charge in [0.2, 0.25) is 0 Å². The van der Waals surface area contributed by atoms with E-state index in [0.717, 1.165) is 27.9 Å². The van der Waals surface area contributed by atoms with Crippen molar-refractivity contribution in [3.05, 3.63) is 89.6 Å². The Morgan fingerprint density at radius 3 is 2.53 bits per heavy atom.